The zero-order valence-electron chi connectivity index (χ0n) is 18.7. The van der Waals surface area contributed by atoms with Crippen LogP contribution in [0.2, 0.25) is 0 Å². The third kappa shape index (κ3) is 5.79. The van der Waals surface area contributed by atoms with Crippen LogP contribution in [0.15, 0.2) is 78.9 Å². The first kappa shape index (κ1) is 23.8. The molecule has 3 aromatic rings. The quantitative estimate of drug-likeness (QED) is 0.320. The van der Waals surface area contributed by atoms with Crippen molar-refractivity contribution in [1.29, 1.82) is 0 Å². The Morgan fingerprint density at radius 1 is 0.857 bits per heavy atom. The van der Waals surface area contributed by atoms with Crippen LogP contribution in [0.4, 0.5) is 17.1 Å². The average molecular weight is 490 g/mol. The van der Waals surface area contributed by atoms with E-state index >= 15 is 0 Å². The molecule has 10 heteroatoms. The summed E-state index contributed by atoms with van der Waals surface area (Å²) >= 11 is 5.32. The third-order valence-electron chi connectivity index (χ3n) is 5.63. The van der Waals surface area contributed by atoms with Crippen molar-refractivity contribution in [3.05, 3.63) is 100 Å². The van der Waals surface area contributed by atoms with Crippen LogP contribution < -0.4 is 15.5 Å². The molecule has 4 rings (SSSR count). The van der Waals surface area contributed by atoms with Crippen molar-refractivity contribution in [1.82, 2.24) is 10.2 Å². The molecule has 1 saturated heterocycles. The van der Waals surface area contributed by atoms with Gasteiger partial charge in [-0.1, -0.05) is 36.4 Å². The van der Waals surface area contributed by atoms with Gasteiger partial charge in [0.25, 0.3) is 17.5 Å². The molecule has 0 radical (unpaired) electrons. The van der Waals surface area contributed by atoms with E-state index in [1.54, 1.807) is 0 Å². The number of anilines is 2. The van der Waals surface area contributed by atoms with Gasteiger partial charge in [0.05, 0.1) is 16.3 Å². The lowest BCUT2D eigenvalue weighted by molar-refractivity contribution is -0.384. The van der Waals surface area contributed by atoms with E-state index in [1.165, 1.54) is 24.3 Å². The highest BCUT2D eigenvalue weighted by Crippen LogP contribution is 2.27. The Bertz CT molecular complexity index is 1260. The van der Waals surface area contributed by atoms with Gasteiger partial charge in [-0.15, -0.1) is 0 Å². The molecule has 178 valence electrons. The van der Waals surface area contributed by atoms with Crippen molar-refractivity contribution in [3.63, 3.8) is 0 Å². The molecule has 0 aromatic heterocycles. The largest absolute Gasteiger partial charge is 0.366 e. The van der Waals surface area contributed by atoms with Crippen molar-refractivity contribution in [3.8, 4) is 0 Å². The van der Waals surface area contributed by atoms with E-state index in [0.29, 0.717) is 37.4 Å². The second kappa shape index (κ2) is 10.7. The van der Waals surface area contributed by atoms with E-state index in [-0.39, 0.29) is 22.3 Å². The van der Waals surface area contributed by atoms with Gasteiger partial charge in [-0.3, -0.25) is 25.0 Å². The number of carbonyl (C=O) groups is 2. The van der Waals surface area contributed by atoms with E-state index in [0.717, 1.165) is 5.69 Å². The maximum Gasteiger partial charge on any atom is 0.270 e. The topological polar surface area (TPSA) is 108 Å². The minimum absolute atomic E-state index is 0.0155. The molecule has 0 unspecified atom stereocenters. The Hall–Kier alpha value is -4.31. The van der Waals surface area contributed by atoms with Crippen molar-refractivity contribution < 1.29 is 14.5 Å². The van der Waals surface area contributed by atoms with Gasteiger partial charge in [-0.05, 0) is 42.5 Å². The number of thiocarbonyl (C=S) groups is 1. The summed E-state index contributed by atoms with van der Waals surface area (Å²) in [5.74, 6) is -0.529. The first-order valence-electron chi connectivity index (χ1n) is 11.0. The Labute approximate surface area is 207 Å². The van der Waals surface area contributed by atoms with E-state index < -0.39 is 10.8 Å². The van der Waals surface area contributed by atoms with Gasteiger partial charge in [-0.2, -0.15) is 0 Å². The van der Waals surface area contributed by atoms with E-state index in [9.17, 15) is 19.7 Å². The number of hydrogen-bond donors (Lipinski definition) is 2. The highest BCUT2D eigenvalue weighted by Gasteiger charge is 2.23. The van der Waals surface area contributed by atoms with Crippen LogP contribution in [-0.2, 0) is 0 Å². The molecule has 0 atom stereocenters. The van der Waals surface area contributed by atoms with Gasteiger partial charge in [0.2, 0.25) is 0 Å². The van der Waals surface area contributed by atoms with Crippen molar-refractivity contribution >= 4 is 46.2 Å². The SMILES string of the molecule is O=C(NC(=S)Nc1ccccc1N1CCN(C(=O)c2ccccc2)CC1)c1cccc([N+](=O)[O-])c1. The number of nitro benzene ring substituents is 1. The van der Waals surface area contributed by atoms with Gasteiger partial charge in [0, 0.05) is 49.4 Å². The first-order valence-corrected chi connectivity index (χ1v) is 11.4. The number of rotatable bonds is 5. The fourth-order valence-electron chi connectivity index (χ4n) is 3.86. The summed E-state index contributed by atoms with van der Waals surface area (Å²) in [7, 11) is 0. The lowest BCUT2D eigenvalue weighted by Crippen LogP contribution is -2.49. The lowest BCUT2D eigenvalue weighted by Gasteiger charge is -2.37. The van der Waals surface area contributed by atoms with Crippen molar-refractivity contribution in [2.45, 2.75) is 0 Å². The molecule has 3 aromatic carbocycles. The van der Waals surface area contributed by atoms with Gasteiger partial charge in [-0.25, -0.2) is 0 Å². The van der Waals surface area contributed by atoms with E-state index in [4.69, 9.17) is 12.2 Å². The summed E-state index contributed by atoms with van der Waals surface area (Å²) in [6.07, 6.45) is 0. The average Bonchev–Trinajstić information content (AvgIpc) is 2.89. The Morgan fingerprint density at radius 3 is 2.23 bits per heavy atom. The number of amides is 2. The minimum atomic E-state index is -0.559. The molecule has 0 saturated carbocycles. The number of hydrogen-bond acceptors (Lipinski definition) is 6. The maximum absolute atomic E-state index is 12.7. The predicted octanol–water partition coefficient (Wildman–Crippen LogP) is 3.68. The molecule has 1 heterocycles. The van der Waals surface area contributed by atoms with Crippen LogP contribution in [0.3, 0.4) is 0 Å². The van der Waals surface area contributed by atoms with Crippen LogP contribution in [-0.4, -0.2) is 52.9 Å². The van der Waals surface area contributed by atoms with E-state index in [1.807, 2.05) is 59.5 Å². The minimum Gasteiger partial charge on any atom is -0.366 e. The van der Waals surface area contributed by atoms with Crippen LogP contribution in [0.25, 0.3) is 0 Å². The summed E-state index contributed by atoms with van der Waals surface area (Å²) in [6.45, 7) is 2.44. The summed E-state index contributed by atoms with van der Waals surface area (Å²) in [6, 6.07) is 22.2. The highest BCUT2D eigenvalue weighted by molar-refractivity contribution is 7.80. The Kier molecular flexibility index (Phi) is 7.32. The van der Waals surface area contributed by atoms with Gasteiger partial charge >= 0.3 is 0 Å². The summed E-state index contributed by atoms with van der Waals surface area (Å²) in [5, 5.41) is 16.7. The number of para-hydroxylation sites is 2. The monoisotopic (exact) mass is 489 g/mol. The number of benzene rings is 3. The molecule has 2 amide bonds. The fourth-order valence-corrected chi connectivity index (χ4v) is 4.06. The highest BCUT2D eigenvalue weighted by atomic mass is 32.1. The van der Waals surface area contributed by atoms with Crippen LogP contribution >= 0.6 is 12.2 Å². The second-order valence-electron chi connectivity index (χ2n) is 7.88. The molecule has 1 aliphatic heterocycles. The summed E-state index contributed by atoms with van der Waals surface area (Å²) in [4.78, 5) is 39.6. The van der Waals surface area contributed by atoms with E-state index in [2.05, 4.69) is 15.5 Å². The zero-order valence-corrected chi connectivity index (χ0v) is 19.5. The summed E-state index contributed by atoms with van der Waals surface area (Å²) < 4.78 is 0. The molecule has 1 fully saturated rings. The molecule has 0 bridgehead atoms. The number of non-ortho nitro benzene ring substituents is 1. The molecular weight excluding hydrogens is 466 g/mol. The second-order valence-corrected chi connectivity index (χ2v) is 8.29. The number of nitro groups is 1. The zero-order chi connectivity index (χ0) is 24.8. The van der Waals surface area contributed by atoms with Gasteiger partial charge in [0.1, 0.15) is 0 Å². The van der Waals surface area contributed by atoms with Crippen LogP contribution in [0.1, 0.15) is 20.7 Å². The van der Waals surface area contributed by atoms with Crippen LogP contribution in [0, 0.1) is 10.1 Å². The Morgan fingerprint density at radius 2 is 1.51 bits per heavy atom. The number of nitrogens with one attached hydrogen (secondary N) is 2. The Balaban J connectivity index is 1.38. The van der Waals surface area contributed by atoms with Crippen molar-refractivity contribution in [2.24, 2.45) is 0 Å². The molecule has 2 N–H and O–H groups in total. The molecular formula is C25H23N5O4S. The standard InChI is InChI=1S/C25H23N5O4S/c31-23(19-9-6-10-20(17-19)30(33)34)27-25(35)26-21-11-4-5-12-22(21)28-13-15-29(16-14-28)24(32)18-7-2-1-3-8-18/h1-12,17H,13-16H2,(H2,26,27,31,35). The number of carbonyl (C=O) groups excluding carboxylic acids is 2. The normalized spacial score (nSPS) is 13.1. The van der Waals surface area contributed by atoms with Gasteiger partial charge < -0.3 is 15.1 Å². The van der Waals surface area contributed by atoms with Gasteiger partial charge in [0.15, 0.2) is 5.11 Å². The summed E-state index contributed by atoms with van der Waals surface area (Å²) in [5.41, 5.74) is 2.24. The predicted molar refractivity (Wildman–Crippen MR) is 138 cm³/mol. The smallest absolute Gasteiger partial charge is 0.270 e. The molecule has 9 nitrogen and oxygen atoms in total. The number of nitrogens with zero attached hydrogens (tertiary/aromatic N) is 3. The number of piperazine rings is 1. The molecule has 1 aliphatic rings. The lowest BCUT2D eigenvalue weighted by atomic mass is 10.1. The maximum atomic E-state index is 12.7. The van der Waals surface area contributed by atoms with Crippen molar-refractivity contribution in [2.75, 3.05) is 36.4 Å². The molecule has 0 spiro atoms. The molecule has 0 aliphatic carbocycles. The fraction of sp³-hybridized carbons (Fsp3) is 0.160. The third-order valence-corrected chi connectivity index (χ3v) is 5.83. The first-order chi connectivity index (χ1) is 16.9. The van der Waals surface area contributed by atoms with Crippen LogP contribution in [0.5, 0.6) is 0 Å². The molecule has 35 heavy (non-hydrogen) atoms.